The van der Waals surface area contributed by atoms with Crippen LogP contribution in [0.5, 0.6) is 0 Å². The summed E-state index contributed by atoms with van der Waals surface area (Å²) in [4.78, 5) is 0.556. The number of halogens is 1. The Balaban J connectivity index is 2.01. The molecule has 1 heterocycles. The number of nitrogens with one attached hydrogen (secondary N) is 1. The molecular weight excluding hydrogens is 294 g/mol. The molecule has 1 N–H and O–H groups in total. The summed E-state index contributed by atoms with van der Waals surface area (Å²) in [5.74, 6) is 0.465. The minimum Gasteiger partial charge on any atom is -0.266 e. The Morgan fingerprint density at radius 2 is 2.31 bits per heavy atom. The SMILES string of the molecule is CN(CC1CC(Br)C1)S(=O)(=O)c1ccn[nH]1. The summed E-state index contributed by atoms with van der Waals surface area (Å²) in [5.41, 5.74) is 0. The van der Waals surface area contributed by atoms with Crippen LogP contribution in [0.15, 0.2) is 17.3 Å². The third kappa shape index (κ3) is 2.31. The highest BCUT2D eigenvalue weighted by Crippen LogP contribution is 2.34. The van der Waals surface area contributed by atoms with Crippen LogP contribution in [-0.4, -0.2) is 41.3 Å². The predicted octanol–water partition coefficient (Wildman–Crippen LogP) is 1.20. The molecule has 1 aliphatic carbocycles. The first kappa shape index (κ1) is 12.1. The van der Waals surface area contributed by atoms with Gasteiger partial charge in [-0.15, -0.1) is 0 Å². The lowest BCUT2D eigenvalue weighted by atomic mass is 9.85. The zero-order chi connectivity index (χ0) is 11.8. The van der Waals surface area contributed by atoms with E-state index in [0.717, 1.165) is 12.8 Å². The van der Waals surface area contributed by atoms with Crippen LogP contribution in [-0.2, 0) is 10.0 Å². The first-order valence-corrected chi connectivity index (χ1v) is 7.45. The summed E-state index contributed by atoms with van der Waals surface area (Å²) < 4.78 is 25.4. The van der Waals surface area contributed by atoms with Gasteiger partial charge in [0.1, 0.15) is 0 Å². The highest BCUT2D eigenvalue weighted by Gasteiger charge is 2.31. The van der Waals surface area contributed by atoms with E-state index in [1.165, 1.54) is 16.6 Å². The molecule has 2 rings (SSSR count). The van der Waals surface area contributed by atoms with Crippen molar-refractivity contribution in [3.63, 3.8) is 0 Å². The van der Waals surface area contributed by atoms with Crippen LogP contribution < -0.4 is 0 Å². The third-order valence-corrected chi connectivity index (χ3v) is 5.36. The molecule has 0 radical (unpaired) electrons. The number of nitrogens with zero attached hydrogens (tertiary/aromatic N) is 2. The van der Waals surface area contributed by atoms with Crippen molar-refractivity contribution in [3.8, 4) is 0 Å². The van der Waals surface area contributed by atoms with Gasteiger partial charge in [0.05, 0.1) is 6.20 Å². The topological polar surface area (TPSA) is 66.1 Å². The Kier molecular flexibility index (Phi) is 3.37. The van der Waals surface area contributed by atoms with Gasteiger partial charge in [-0.05, 0) is 24.8 Å². The molecule has 0 amide bonds. The van der Waals surface area contributed by atoms with Crippen molar-refractivity contribution >= 4 is 26.0 Å². The fraction of sp³-hybridized carbons (Fsp3) is 0.667. The van der Waals surface area contributed by atoms with E-state index in [9.17, 15) is 8.42 Å². The average Bonchev–Trinajstić information content (AvgIpc) is 2.68. The van der Waals surface area contributed by atoms with E-state index in [1.54, 1.807) is 7.05 Å². The van der Waals surface area contributed by atoms with Crippen molar-refractivity contribution in [2.24, 2.45) is 5.92 Å². The van der Waals surface area contributed by atoms with Gasteiger partial charge in [0.15, 0.2) is 5.03 Å². The van der Waals surface area contributed by atoms with Gasteiger partial charge in [0, 0.05) is 18.4 Å². The molecule has 0 saturated heterocycles. The van der Waals surface area contributed by atoms with Crippen LogP contribution in [0.4, 0.5) is 0 Å². The van der Waals surface area contributed by atoms with Crippen molar-refractivity contribution < 1.29 is 8.42 Å². The number of aromatic amines is 1. The minimum atomic E-state index is -3.38. The molecule has 0 spiro atoms. The van der Waals surface area contributed by atoms with Crippen LogP contribution in [0.2, 0.25) is 0 Å². The van der Waals surface area contributed by atoms with Gasteiger partial charge in [-0.25, -0.2) is 8.42 Å². The molecule has 0 aromatic carbocycles. The van der Waals surface area contributed by atoms with Gasteiger partial charge >= 0.3 is 0 Å². The van der Waals surface area contributed by atoms with Crippen molar-refractivity contribution in [3.05, 3.63) is 12.3 Å². The maximum absolute atomic E-state index is 12.0. The summed E-state index contributed by atoms with van der Waals surface area (Å²) in [6.07, 6.45) is 3.53. The first-order chi connectivity index (χ1) is 7.50. The standard InChI is InChI=1S/C9H14BrN3O2S/c1-13(6-7-4-8(10)5-7)16(14,15)9-2-3-11-12-9/h2-3,7-8H,4-6H2,1H3,(H,11,12). The minimum absolute atomic E-state index is 0.157. The van der Waals surface area contributed by atoms with Gasteiger partial charge in [-0.1, -0.05) is 15.9 Å². The second kappa shape index (κ2) is 4.46. The number of H-pyrrole nitrogens is 1. The smallest absolute Gasteiger partial charge is 0.259 e. The summed E-state index contributed by atoms with van der Waals surface area (Å²) in [5, 5.41) is 6.30. The van der Waals surface area contributed by atoms with Crippen LogP contribution >= 0.6 is 15.9 Å². The molecular formula is C9H14BrN3O2S. The zero-order valence-corrected chi connectivity index (χ0v) is 11.3. The van der Waals surface area contributed by atoms with E-state index in [4.69, 9.17) is 0 Å². The van der Waals surface area contributed by atoms with Crippen LogP contribution in [0.1, 0.15) is 12.8 Å². The Bertz CT molecular complexity index is 439. The van der Waals surface area contributed by atoms with Gasteiger partial charge in [-0.3, -0.25) is 5.10 Å². The molecule has 0 bridgehead atoms. The van der Waals surface area contributed by atoms with E-state index in [2.05, 4.69) is 26.1 Å². The molecule has 0 aliphatic heterocycles. The molecule has 90 valence electrons. The van der Waals surface area contributed by atoms with Gasteiger partial charge in [0.2, 0.25) is 0 Å². The van der Waals surface area contributed by atoms with Gasteiger partial charge < -0.3 is 0 Å². The lowest BCUT2D eigenvalue weighted by Gasteiger charge is -2.33. The van der Waals surface area contributed by atoms with E-state index >= 15 is 0 Å². The molecule has 7 heteroatoms. The molecule has 1 aromatic rings. The Labute approximate surface area is 103 Å². The molecule has 5 nitrogen and oxygen atoms in total. The van der Waals surface area contributed by atoms with Crippen LogP contribution in [0.3, 0.4) is 0 Å². The van der Waals surface area contributed by atoms with Crippen LogP contribution in [0.25, 0.3) is 0 Å². The molecule has 1 fully saturated rings. The van der Waals surface area contributed by atoms with Crippen molar-refractivity contribution in [1.82, 2.24) is 14.5 Å². The highest BCUT2D eigenvalue weighted by molar-refractivity contribution is 9.09. The summed E-state index contributed by atoms with van der Waals surface area (Å²) in [7, 11) is -1.78. The molecule has 0 unspecified atom stereocenters. The van der Waals surface area contributed by atoms with Crippen molar-refractivity contribution in [2.75, 3.05) is 13.6 Å². The second-order valence-corrected chi connectivity index (χ2v) is 7.45. The zero-order valence-electron chi connectivity index (χ0n) is 8.93. The maximum Gasteiger partial charge on any atom is 0.259 e. The number of alkyl halides is 1. The van der Waals surface area contributed by atoms with Crippen molar-refractivity contribution in [1.29, 1.82) is 0 Å². The van der Waals surface area contributed by atoms with Crippen LogP contribution in [0, 0.1) is 5.92 Å². The first-order valence-electron chi connectivity index (χ1n) is 5.10. The molecule has 0 atom stereocenters. The number of rotatable bonds is 4. The fourth-order valence-corrected chi connectivity index (χ4v) is 4.02. The normalized spacial score (nSPS) is 25.7. The average molecular weight is 308 g/mol. The summed E-state index contributed by atoms with van der Waals surface area (Å²) >= 11 is 3.50. The van der Waals surface area contributed by atoms with E-state index in [-0.39, 0.29) is 5.03 Å². The lowest BCUT2D eigenvalue weighted by Crippen LogP contribution is -2.37. The van der Waals surface area contributed by atoms with Crippen molar-refractivity contribution in [2.45, 2.75) is 22.7 Å². The van der Waals surface area contributed by atoms with E-state index in [1.807, 2.05) is 0 Å². The quantitative estimate of drug-likeness (QED) is 0.850. The summed E-state index contributed by atoms with van der Waals surface area (Å²) in [6.45, 7) is 0.573. The summed E-state index contributed by atoms with van der Waals surface area (Å²) in [6, 6.07) is 1.47. The second-order valence-electron chi connectivity index (χ2n) is 4.14. The lowest BCUT2D eigenvalue weighted by molar-refractivity contribution is 0.275. The number of hydrogen-bond donors (Lipinski definition) is 1. The maximum atomic E-state index is 12.0. The van der Waals surface area contributed by atoms with E-state index in [0.29, 0.717) is 17.3 Å². The Hall–Kier alpha value is -0.400. The molecule has 1 aliphatic rings. The fourth-order valence-electron chi connectivity index (χ4n) is 1.82. The molecule has 16 heavy (non-hydrogen) atoms. The van der Waals surface area contributed by atoms with E-state index < -0.39 is 10.0 Å². The monoisotopic (exact) mass is 307 g/mol. The number of sulfonamides is 1. The number of hydrogen-bond acceptors (Lipinski definition) is 3. The Morgan fingerprint density at radius 3 is 2.81 bits per heavy atom. The van der Waals surface area contributed by atoms with Gasteiger partial charge in [0.25, 0.3) is 10.0 Å². The predicted molar refractivity (Wildman–Crippen MR) is 63.8 cm³/mol. The van der Waals surface area contributed by atoms with Gasteiger partial charge in [-0.2, -0.15) is 9.40 Å². The third-order valence-electron chi connectivity index (χ3n) is 2.86. The number of aromatic nitrogens is 2. The highest BCUT2D eigenvalue weighted by atomic mass is 79.9. The molecule has 1 aromatic heterocycles. The largest absolute Gasteiger partial charge is 0.266 e. The Morgan fingerprint density at radius 1 is 1.62 bits per heavy atom. The molecule has 1 saturated carbocycles.